The molecule has 81 heavy (non-hydrogen) atoms. The Hall–Kier alpha value is -6.04. The number of hydrogen-bond acceptors (Lipinski definition) is 4. The zero-order valence-corrected chi connectivity index (χ0v) is 52.2. The van der Waals surface area contributed by atoms with E-state index in [-0.39, 0.29) is 50.0 Å². The Bertz CT molecular complexity index is 4220. The van der Waals surface area contributed by atoms with E-state index in [1.54, 1.807) is 0 Å². The van der Waals surface area contributed by atoms with Crippen molar-refractivity contribution in [1.29, 1.82) is 0 Å². The van der Waals surface area contributed by atoms with Gasteiger partial charge in [0.25, 0.3) is 6.71 Å². The fraction of sp³-hybridized carbons (Fsp3) is 0.421. The normalized spacial score (nSPS) is 21.4. The van der Waals surface area contributed by atoms with Gasteiger partial charge in [-0.25, -0.2) is 0 Å². The van der Waals surface area contributed by atoms with Crippen molar-refractivity contribution in [3.05, 3.63) is 160 Å². The van der Waals surface area contributed by atoms with Crippen molar-refractivity contribution in [2.24, 2.45) is 0 Å². The van der Waals surface area contributed by atoms with Gasteiger partial charge in [0.1, 0.15) is 5.58 Å². The van der Waals surface area contributed by atoms with E-state index in [9.17, 15) is 0 Å². The molecule has 15 rings (SSSR count). The van der Waals surface area contributed by atoms with Crippen LogP contribution in [0.4, 0.5) is 34.1 Å². The Morgan fingerprint density at radius 3 is 1.42 bits per heavy atom. The van der Waals surface area contributed by atoms with Crippen LogP contribution in [-0.4, -0.2) is 6.71 Å². The molecule has 0 amide bonds. The minimum Gasteiger partial charge on any atom is -0.468 e. The second-order valence-corrected chi connectivity index (χ2v) is 32.6. The van der Waals surface area contributed by atoms with Gasteiger partial charge in [-0.15, -0.1) is 11.3 Å². The van der Waals surface area contributed by atoms with Crippen molar-refractivity contribution in [3.63, 3.8) is 0 Å². The van der Waals surface area contributed by atoms with E-state index >= 15 is 0 Å². The van der Waals surface area contributed by atoms with Gasteiger partial charge in [0, 0.05) is 54.0 Å². The molecule has 2 aromatic heterocycles. The third-order valence-electron chi connectivity index (χ3n) is 22.5. The molecule has 412 valence electrons. The van der Waals surface area contributed by atoms with E-state index in [1.807, 2.05) is 11.3 Å². The van der Waals surface area contributed by atoms with Crippen LogP contribution in [-0.2, 0) is 43.3 Å². The highest BCUT2D eigenvalue weighted by molar-refractivity contribution is 7.26. The number of fused-ring (bicyclic) bond motifs is 13. The molecular weight excluding hydrogens is 1000 g/mol. The molecule has 0 saturated carbocycles. The van der Waals surface area contributed by atoms with Crippen molar-refractivity contribution in [1.82, 2.24) is 0 Å². The largest absolute Gasteiger partial charge is 0.468 e. The third kappa shape index (κ3) is 7.31. The maximum absolute atomic E-state index is 7.92. The molecule has 2 aliphatic heterocycles. The van der Waals surface area contributed by atoms with E-state index in [2.05, 4.69) is 236 Å². The molecule has 0 fully saturated rings. The van der Waals surface area contributed by atoms with Crippen LogP contribution in [0.15, 0.2) is 120 Å². The summed E-state index contributed by atoms with van der Waals surface area (Å²) in [6, 6.07) is 47.0. The van der Waals surface area contributed by atoms with Crippen LogP contribution in [0.25, 0.3) is 42.3 Å². The molecule has 9 aromatic rings. The highest BCUT2D eigenvalue weighted by Crippen LogP contribution is 2.57. The fourth-order valence-corrected chi connectivity index (χ4v) is 17.9. The first kappa shape index (κ1) is 51.8. The number of benzene rings is 7. The van der Waals surface area contributed by atoms with Gasteiger partial charge >= 0.3 is 0 Å². The van der Waals surface area contributed by atoms with Crippen molar-refractivity contribution < 1.29 is 4.42 Å². The Morgan fingerprint density at radius 1 is 0.395 bits per heavy atom. The summed E-state index contributed by atoms with van der Waals surface area (Å²) in [5.41, 5.74) is 26.7. The molecule has 3 nitrogen and oxygen atoms in total. The molecule has 0 atom stereocenters. The molecular formula is C76H83BN2OS. The van der Waals surface area contributed by atoms with E-state index in [0.717, 1.165) is 49.8 Å². The average molecular weight is 1080 g/mol. The topological polar surface area (TPSA) is 19.6 Å². The Balaban J connectivity index is 1.13. The molecule has 0 radical (unpaired) electrons. The summed E-state index contributed by atoms with van der Waals surface area (Å²) >= 11 is 1.91. The van der Waals surface area contributed by atoms with E-state index < -0.39 is 0 Å². The highest BCUT2D eigenvalue weighted by atomic mass is 32.1. The van der Waals surface area contributed by atoms with Crippen LogP contribution in [0.3, 0.4) is 0 Å². The van der Waals surface area contributed by atoms with Crippen molar-refractivity contribution in [2.45, 2.75) is 205 Å². The first-order valence-electron chi connectivity index (χ1n) is 30.9. The van der Waals surface area contributed by atoms with Crippen LogP contribution < -0.4 is 26.4 Å². The van der Waals surface area contributed by atoms with Crippen LogP contribution in [0, 0.1) is 0 Å². The van der Waals surface area contributed by atoms with E-state index in [4.69, 9.17) is 4.42 Å². The minimum absolute atomic E-state index is 0.00155. The van der Waals surface area contributed by atoms with Crippen molar-refractivity contribution >= 4 is 99.9 Å². The molecule has 0 spiro atoms. The Morgan fingerprint density at radius 2 is 0.852 bits per heavy atom. The van der Waals surface area contributed by atoms with E-state index in [0.29, 0.717) is 0 Å². The molecule has 0 N–H and O–H groups in total. The molecule has 4 aliphatic carbocycles. The maximum Gasteiger partial charge on any atom is 0.297 e. The number of thiophene rings is 1. The standard InChI is InChI=1S/C76H83BN2OS/c1-69(2)28-30-71(5,6)52-38-45(24-26-50(52)69)78-59-42-56-55(74(11,12)33-34-75(56,13)14)41-58(59)77-66-60(78)36-44(47-21-19-23-64-65(47)48-20-17-18-22-63(48)81-64)37-61(66)79(46-25-27-51-53(39-46)72(7,8)31-29-70(51,3)4)67-49-40-54-57(43-62(49)80-68(67)77)76(15,16)35-32-73(54,9)10/h17-27,36-43H,28-35H2,1-16H3. The summed E-state index contributed by atoms with van der Waals surface area (Å²) in [5.74, 6) is 0. The lowest BCUT2D eigenvalue weighted by Crippen LogP contribution is -2.61. The number of hydrogen-bond donors (Lipinski definition) is 0. The summed E-state index contributed by atoms with van der Waals surface area (Å²) in [6.45, 7) is 39.5. The highest BCUT2D eigenvalue weighted by Gasteiger charge is 2.51. The monoisotopic (exact) mass is 1080 g/mol. The second kappa shape index (κ2) is 16.4. The van der Waals surface area contributed by atoms with Crippen LogP contribution in [0.1, 0.15) is 207 Å². The molecule has 5 heteroatoms. The maximum atomic E-state index is 7.92. The predicted molar refractivity (Wildman–Crippen MR) is 350 cm³/mol. The van der Waals surface area contributed by atoms with Gasteiger partial charge in [0.05, 0.1) is 11.3 Å². The van der Waals surface area contributed by atoms with Gasteiger partial charge in [-0.3, -0.25) is 0 Å². The molecule has 7 aromatic carbocycles. The van der Waals surface area contributed by atoms with Gasteiger partial charge in [-0.05, 0) is 228 Å². The Labute approximate surface area is 487 Å². The van der Waals surface area contributed by atoms with Crippen LogP contribution in [0.2, 0.25) is 0 Å². The fourth-order valence-electron chi connectivity index (χ4n) is 16.7. The van der Waals surface area contributed by atoms with Gasteiger partial charge in [-0.2, -0.15) is 0 Å². The summed E-state index contributed by atoms with van der Waals surface area (Å²) in [6.07, 6.45) is 9.26. The van der Waals surface area contributed by atoms with Crippen LogP contribution in [0.5, 0.6) is 0 Å². The zero-order chi connectivity index (χ0) is 56.7. The van der Waals surface area contributed by atoms with Crippen molar-refractivity contribution in [3.8, 4) is 11.1 Å². The predicted octanol–water partition coefficient (Wildman–Crippen LogP) is 19.9. The number of rotatable bonds is 3. The number of furan rings is 1. The van der Waals surface area contributed by atoms with Gasteiger partial charge in [0.2, 0.25) is 0 Å². The molecule has 0 saturated heterocycles. The van der Waals surface area contributed by atoms with Gasteiger partial charge < -0.3 is 14.2 Å². The average Bonchev–Trinajstić information content (AvgIpc) is 4.25. The summed E-state index contributed by atoms with van der Waals surface area (Å²) < 4.78 is 10.6. The number of anilines is 6. The Kier molecular flexibility index (Phi) is 10.5. The van der Waals surface area contributed by atoms with Gasteiger partial charge in [0.15, 0.2) is 0 Å². The smallest absolute Gasteiger partial charge is 0.297 e. The molecule has 0 bridgehead atoms. The van der Waals surface area contributed by atoms with Crippen molar-refractivity contribution in [2.75, 3.05) is 9.80 Å². The lowest BCUT2D eigenvalue weighted by atomic mass is 9.35. The SMILES string of the molecule is CC1(C)CCC(C)(C)c2cc(N3c4cc5c(cc4B4c6oc7cc8c(cc7c6N(c6ccc7c(c6)C(C)(C)CCC7(C)C)c6cc(-c7cccc9sc%10ccccc%10c79)cc3c64)C(C)(C)CCC8(C)C)C(C)(C)CCC5(C)C)ccc21. The molecule has 4 heterocycles. The van der Waals surface area contributed by atoms with Crippen LogP contribution >= 0.6 is 11.3 Å². The number of nitrogens with zero attached hydrogens (tertiary/aromatic N) is 2. The molecule has 0 unspecified atom stereocenters. The summed E-state index contributed by atoms with van der Waals surface area (Å²) in [7, 11) is 0. The first-order valence-corrected chi connectivity index (χ1v) is 31.7. The zero-order valence-electron chi connectivity index (χ0n) is 51.4. The third-order valence-corrected chi connectivity index (χ3v) is 23.6. The lowest BCUT2D eigenvalue weighted by molar-refractivity contribution is 0.332. The molecule has 6 aliphatic rings. The lowest BCUT2D eigenvalue weighted by Gasteiger charge is -2.47. The first-order chi connectivity index (χ1) is 38.1. The second-order valence-electron chi connectivity index (χ2n) is 31.5. The quantitative estimate of drug-likeness (QED) is 0.164. The van der Waals surface area contributed by atoms with E-state index in [1.165, 1.54) is 139 Å². The van der Waals surface area contributed by atoms with Gasteiger partial charge in [-0.1, -0.05) is 159 Å². The summed E-state index contributed by atoms with van der Waals surface area (Å²) in [4.78, 5) is 5.45. The minimum atomic E-state index is -0.170. The summed E-state index contributed by atoms with van der Waals surface area (Å²) in [5, 5.41) is 3.88.